The minimum Gasteiger partial charge on any atom is -0.286 e. The highest BCUT2D eigenvalue weighted by atomic mass is 32.2. The minimum absolute atomic E-state index is 0.0495. The van der Waals surface area contributed by atoms with Crippen molar-refractivity contribution in [2.45, 2.75) is 23.9 Å². The zero-order chi connectivity index (χ0) is 21.1. The van der Waals surface area contributed by atoms with Gasteiger partial charge in [0.1, 0.15) is 6.04 Å². The third kappa shape index (κ3) is 4.00. The molecule has 1 aliphatic rings. The van der Waals surface area contributed by atoms with Gasteiger partial charge in [0.05, 0.1) is 11.4 Å². The number of amides is 1. The van der Waals surface area contributed by atoms with Crippen molar-refractivity contribution in [2.75, 3.05) is 6.54 Å². The normalized spacial score (nSPS) is 16.9. The number of nitrogens with zero attached hydrogens (tertiary/aromatic N) is 2. The van der Waals surface area contributed by atoms with Gasteiger partial charge in [0.15, 0.2) is 0 Å². The molecule has 4 rings (SSSR count). The average Bonchev–Trinajstić information content (AvgIpc) is 3.11. The van der Waals surface area contributed by atoms with Gasteiger partial charge in [-0.2, -0.15) is 4.31 Å². The Labute approximate surface area is 176 Å². The number of hydrogen-bond donors (Lipinski definition) is 1. The van der Waals surface area contributed by atoms with Crippen molar-refractivity contribution < 1.29 is 18.4 Å². The molecule has 3 aromatic carbocycles. The van der Waals surface area contributed by atoms with Crippen LogP contribution in [0.1, 0.15) is 12.0 Å². The largest absolute Gasteiger partial charge is 0.286 e. The van der Waals surface area contributed by atoms with E-state index in [0.29, 0.717) is 5.06 Å². The molecule has 1 aliphatic heterocycles. The Morgan fingerprint density at radius 2 is 1.43 bits per heavy atom. The van der Waals surface area contributed by atoms with Crippen LogP contribution in [-0.2, 0) is 21.4 Å². The van der Waals surface area contributed by atoms with Gasteiger partial charge in [-0.3, -0.25) is 10.0 Å². The molecule has 1 atom stereocenters. The second kappa shape index (κ2) is 8.39. The molecule has 154 valence electrons. The maximum Gasteiger partial charge on any atom is 0.264 e. The van der Waals surface area contributed by atoms with Gasteiger partial charge in [0.25, 0.3) is 5.91 Å². The van der Waals surface area contributed by atoms with Crippen LogP contribution in [0.25, 0.3) is 11.1 Å². The molecule has 1 amide bonds. The van der Waals surface area contributed by atoms with E-state index in [-0.39, 0.29) is 24.4 Å². The van der Waals surface area contributed by atoms with Crippen molar-refractivity contribution in [3.8, 4) is 11.1 Å². The Bertz CT molecular complexity index is 1120. The summed E-state index contributed by atoms with van der Waals surface area (Å²) in [6, 6.07) is 24.5. The summed E-state index contributed by atoms with van der Waals surface area (Å²) in [7, 11) is -3.96. The van der Waals surface area contributed by atoms with Crippen molar-refractivity contribution in [1.82, 2.24) is 9.37 Å². The van der Waals surface area contributed by atoms with E-state index in [0.717, 1.165) is 16.7 Å². The molecule has 0 radical (unpaired) electrons. The van der Waals surface area contributed by atoms with Crippen LogP contribution >= 0.6 is 0 Å². The van der Waals surface area contributed by atoms with Crippen LogP contribution in [0, 0.1) is 0 Å². The van der Waals surface area contributed by atoms with E-state index in [1.54, 1.807) is 24.3 Å². The monoisotopic (exact) mass is 422 g/mol. The van der Waals surface area contributed by atoms with E-state index in [2.05, 4.69) is 0 Å². The number of carbonyl (C=O) groups is 1. The SMILES string of the molecule is O=C1[C@H](N(Cc2ccccc2)S(=O)(=O)c2ccc(-c3ccccc3)cc2)CCN1O. The molecule has 7 heteroatoms. The summed E-state index contributed by atoms with van der Waals surface area (Å²) in [5, 5.41) is 10.3. The number of rotatable bonds is 6. The van der Waals surface area contributed by atoms with E-state index < -0.39 is 22.0 Å². The second-order valence-electron chi connectivity index (χ2n) is 7.19. The quantitative estimate of drug-likeness (QED) is 0.617. The minimum atomic E-state index is -3.96. The Balaban J connectivity index is 1.69. The standard InChI is InChI=1S/C23H22N2O4S/c26-23-22(15-16-24(23)27)25(17-18-7-3-1-4-8-18)30(28,29)21-13-11-20(12-14-21)19-9-5-2-6-10-19/h1-14,22,27H,15-17H2/t22-/m1/s1. The molecular weight excluding hydrogens is 400 g/mol. The average molecular weight is 423 g/mol. The van der Waals surface area contributed by atoms with Crippen LogP contribution < -0.4 is 0 Å². The number of hydroxylamine groups is 2. The van der Waals surface area contributed by atoms with Crippen LogP contribution in [0.15, 0.2) is 89.8 Å². The molecule has 0 aliphatic carbocycles. The molecule has 0 unspecified atom stereocenters. The number of sulfonamides is 1. The van der Waals surface area contributed by atoms with Crippen molar-refractivity contribution in [2.24, 2.45) is 0 Å². The van der Waals surface area contributed by atoms with Gasteiger partial charge in [0, 0.05) is 6.54 Å². The summed E-state index contributed by atoms with van der Waals surface area (Å²) in [5.74, 6) is -0.601. The number of benzene rings is 3. The lowest BCUT2D eigenvalue weighted by Crippen LogP contribution is -2.44. The van der Waals surface area contributed by atoms with Crippen LogP contribution in [-0.4, -0.2) is 41.5 Å². The first-order valence-electron chi connectivity index (χ1n) is 9.68. The Morgan fingerprint density at radius 1 is 0.867 bits per heavy atom. The fourth-order valence-electron chi connectivity index (χ4n) is 3.63. The van der Waals surface area contributed by atoms with Gasteiger partial charge >= 0.3 is 0 Å². The first-order chi connectivity index (χ1) is 14.5. The summed E-state index contributed by atoms with van der Waals surface area (Å²) in [6.07, 6.45) is 0.240. The molecule has 1 heterocycles. The van der Waals surface area contributed by atoms with Gasteiger partial charge < -0.3 is 0 Å². The summed E-state index contributed by atoms with van der Waals surface area (Å²) in [6.45, 7) is 0.158. The van der Waals surface area contributed by atoms with Crippen LogP contribution in [0.5, 0.6) is 0 Å². The van der Waals surface area contributed by atoms with E-state index in [4.69, 9.17) is 0 Å². The van der Waals surface area contributed by atoms with Crippen LogP contribution in [0.3, 0.4) is 0 Å². The van der Waals surface area contributed by atoms with Crippen LogP contribution in [0.2, 0.25) is 0 Å². The lowest BCUT2D eigenvalue weighted by Gasteiger charge is -2.27. The third-order valence-electron chi connectivity index (χ3n) is 5.25. The van der Waals surface area contributed by atoms with E-state index in [1.165, 1.54) is 4.31 Å². The van der Waals surface area contributed by atoms with E-state index in [9.17, 15) is 18.4 Å². The van der Waals surface area contributed by atoms with Crippen molar-refractivity contribution in [1.29, 1.82) is 0 Å². The van der Waals surface area contributed by atoms with Crippen LogP contribution in [0.4, 0.5) is 0 Å². The Hall–Kier alpha value is -3.00. The molecule has 1 N–H and O–H groups in total. The summed E-state index contributed by atoms with van der Waals surface area (Å²) in [5.41, 5.74) is 2.67. The molecule has 0 bridgehead atoms. The predicted octanol–water partition coefficient (Wildman–Crippen LogP) is 3.53. The fraction of sp³-hybridized carbons (Fsp3) is 0.174. The van der Waals surface area contributed by atoms with Crippen molar-refractivity contribution >= 4 is 15.9 Å². The molecule has 30 heavy (non-hydrogen) atoms. The lowest BCUT2D eigenvalue weighted by molar-refractivity contribution is -0.159. The first-order valence-corrected chi connectivity index (χ1v) is 11.1. The fourth-order valence-corrected chi connectivity index (χ4v) is 5.23. The molecule has 0 spiro atoms. The van der Waals surface area contributed by atoms with E-state index in [1.807, 2.05) is 60.7 Å². The molecule has 1 fully saturated rings. The highest BCUT2D eigenvalue weighted by molar-refractivity contribution is 7.89. The van der Waals surface area contributed by atoms with Gasteiger partial charge in [-0.15, -0.1) is 0 Å². The van der Waals surface area contributed by atoms with Gasteiger partial charge in [-0.1, -0.05) is 72.8 Å². The third-order valence-corrected chi connectivity index (χ3v) is 7.12. The zero-order valence-electron chi connectivity index (χ0n) is 16.3. The van der Waals surface area contributed by atoms with Gasteiger partial charge in [0.2, 0.25) is 10.0 Å². The summed E-state index contributed by atoms with van der Waals surface area (Å²) < 4.78 is 28.2. The number of carbonyl (C=O) groups excluding carboxylic acids is 1. The lowest BCUT2D eigenvalue weighted by atomic mass is 10.1. The van der Waals surface area contributed by atoms with Gasteiger partial charge in [-0.05, 0) is 35.2 Å². The summed E-state index contributed by atoms with van der Waals surface area (Å²) in [4.78, 5) is 12.5. The Kier molecular flexibility index (Phi) is 5.67. The molecule has 1 saturated heterocycles. The molecular formula is C23H22N2O4S. The maximum atomic E-state index is 13.5. The topological polar surface area (TPSA) is 77.9 Å². The van der Waals surface area contributed by atoms with Crippen molar-refractivity contribution in [3.63, 3.8) is 0 Å². The number of hydrogen-bond acceptors (Lipinski definition) is 4. The van der Waals surface area contributed by atoms with Crippen molar-refractivity contribution in [3.05, 3.63) is 90.5 Å². The summed E-state index contributed by atoms with van der Waals surface area (Å²) >= 11 is 0. The molecule has 6 nitrogen and oxygen atoms in total. The molecule has 0 aromatic heterocycles. The Morgan fingerprint density at radius 3 is 2.00 bits per heavy atom. The second-order valence-corrected chi connectivity index (χ2v) is 9.08. The highest BCUT2D eigenvalue weighted by Gasteiger charge is 2.41. The van der Waals surface area contributed by atoms with E-state index >= 15 is 0 Å². The highest BCUT2D eigenvalue weighted by Crippen LogP contribution is 2.28. The first kappa shape index (κ1) is 20.3. The smallest absolute Gasteiger partial charge is 0.264 e. The molecule has 0 saturated carbocycles. The molecule has 3 aromatic rings. The zero-order valence-corrected chi connectivity index (χ0v) is 17.1. The predicted molar refractivity (Wildman–Crippen MR) is 113 cm³/mol. The van der Waals surface area contributed by atoms with Gasteiger partial charge in [-0.25, -0.2) is 13.5 Å². The maximum absolute atomic E-state index is 13.5.